The maximum atomic E-state index is 11.4. The molecule has 3 heteroatoms. The molecule has 0 aromatic heterocycles. The molecule has 1 aliphatic heterocycles. The molecule has 3 atom stereocenters. The minimum atomic E-state index is -0.0573. The molecule has 18 heavy (non-hydrogen) atoms. The van der Waals surface area contributed by atoms with E-state index in [0.717, 1.165) is 25.0 Å². The number of esters is 1. The van der Waals surface area contributed by atoms with Crippen LogP contribution in [0.4, 0.5) is 0 Å². The van der Waals surface area contributed by atoms with Crippen molar-refractivity contribution in [2.45, 2.75) is 32.3 Å². The van der Waals surface area contributed by atoms with E-state index in [1.165, 1.54) is 18.2 Å². The fourth-order valence-corrected chi connectivity index (χ4v) is 2.82. The SMILES string of the molecule is COC(=O)[C@H]1CC1Cc1ccc2c(c1)CC(C)O2. The molecule has 1 aliphatic carbocycles. The van der Waals surface area contributed by atoms with Gasteiger partial charge in [-0.05, 0) is 42.9 Å². The number of hydrogen-bond donors (Lipinski definition) is 0. The monoisotopic (exact) mass is 246 g/mol. The lowest BCUT2D eigenvalue weighted by Crippen LogP contribution is -2.05. The van der Waals surface area contributed by atoms with E-state index in [2.05, 4.69) is 25.1 Å². The molecule has 0 amide bonds. The van der Waals surface area contributed by atoms with E-state index in [-0.39, 0.29) is 11.9 Å². The standard InChI is InChI=1S/C15H18O3/c1-9-5-12-7-10(3-4-14(12)18-9)6-11-8-13(11)15(16)17-2/h3-4,7,9,11,13H,5-6,8H2,1-2H3/t9?,11?,13-/m0/s1. The summed E-state index contributed by atoms with van der Waals surface area (Å²) in [5, 5.41) is 0. The van der Waals surface area contributed by atoms with Gasteiger partial charge in [-0.1, -0.05) is 12.1 Å². The Morgan fingerprint density at radius 3 is 3.11 bits per heavy atom. The maximum absolute atomic E-state index is 11.4. The van der Waals surface area contributed by atoms with Crippen LogP contribution in [-0.2, 0) is 22.4 Å². The van der Waals surface area contributed by atoms with E-state index in [1.807, 2.05) is 0 Å². The van der Waals surface area contributed by atoms with Crippen LogP contribution in [0.15, 0.2) is 18.2 Å². The maximum Gasteiger partial charge on any atom is 0.308 e. The molecule has 0 radical (unpaired) electrons. The molecule has 0 bridgehead atoms. The van der Waals surface area contributed by atoms with Crippen LogP contribution in [0, 0.1) is 11.8 Å². The summed E-state index contributed by atoms with van der Waals surface area (Å²) in [7, 11) is 1.46. The highest BCUT2D eigenvalue weighted by atomic mass is 16.5. The molecule has 1 saturated carbocycles. The molecule has 0 spiro atoms. The summed E-state index contributed by atoms with van der Waals surface area (Å²) in [5.74, 6) is 1.55. The van der Waals surface area contributed by atoms with E-state index < -0.39 is 0 Å². The first-order valence-corrected chi connectivity index (χ1v) is 6.53. The van der Waals surface area contributed by atoms with Gasteiger partial charge in [0.15, 0.2) is 0 Å². The van der Waals surface area contributed by atoms with Crippen LogP contribution in [0.1, 0.15) is 24.5 Å². The molecule has 2 unspecified atom stereocenters. The number of carbonyl (C=O) groups is 1. The Morgan fingerprint density at radius 1 is 1.50 bits per heavy atom. The Balaban J connectivity index is 1.65. The predicted molar refractivity (Wildman–Crippen MR) is 67.6 cm³/mol. The van der Waals surface area contributed by atoms with E-state index in [1.54, 1.807) is 0 Å². The number of benzene rings is 1. The van der Waals surface area contributed by atoms with E-state index >= 15 is 0 Å². The summed E-state index contributed by atoms with van der Waals surface area (Å²) in [5.41, 5.74) is 2.61. The first kappa shape index (κ1) is 11.6. The molecule has 3 rings (SSSR count). The van der Waals surface area contributed by atoms with Crippen molar-refractivity contribution in [1.82, 2.24) is 0 Å². The zero-order chi connectivity index (χ0) is 12.7. The van der Waals surface area contributed by atoms with E-state index in [0.29, 0.717) is 12.0 Å². The molecule has 0 saturated heterocycles. The molecule has 3 nitrogen and oxygen atoms in total. The van der Waals surface area contributed by atoms with Gasteiger partial charge in [0.05, 0.1) is 13.0 Å². The quantitative estimate of drug-likeness (QED) is 0.768. The van der Waals surface area contributed by atoms with Crippen LogP contribution in [0.3, 0.4) is 0 Å². The fourth-order valence-electron chi connectivity index (χ4n) is 2.82. The van der Waals surface area contributed by atoms with Gasteiger partial charge in [0.1, 0.15) is 11.9 Å². The van der Waals surface area contributed by atoms with Gasteiger partial charge >= 0.3 is 5.97 Å². The van der Waals surface area contributed by atoms with E-state index in [9.17, 15) is 4.79 Å². The van der Waals surface area contributed by atoms with Crippen LogP contribution in [0.2, 0.25) is 0 Å². The van der Waals surface area contributed by atoms with Gasteiger partial charge in [-0.25, -0.2) is 0 Å². The van der Waals surface area contributed by atoms with Crippen molar-refractivity contribution >= 4 is 5.97 Å². The smallest absolute Gasteiger partial charge is 0.308 e. The number of fused-ring (bicyclic) bond motifs is 1. The Labute approximate surface area is 107 Å². The summed E-state index contributed by atoms with van der Waals surface area (Å²) in [4.78, 5) is 11.4. The van der Waals surface area contributed by atoms with Gasteiger partial charge in [0.2, 0.25) is 0 Å². The minimum Gasteiger partial charge on any atom is -0.490 e. The average molecular weight is 246 g/mol. The molecule has 1 aromatic carbocycles. The third kappa shape index (κ3) is 2.09. The third-order valence-electron chi connectivity index (χ3n) is 3.88. The normalized spacial score (nSPS) is 28.4. The lowest BCUT2D eigenvalue weighted by molar-refractivity contribution is -0.142. The Kier molecular flexibility index (Phi) is 2.77. The molecular weight excluding hydrogens is 228 g/mol. The minimum absolute atomic E-state index is 0.0573. The molecule has 96 valence electrons. The highest BCUT2D eigenvalue weighted by Crippen LogP contribution is 2.42. The van der Waals surface area contributed by atoms with Crippen molar-refractivity contribution in [1.29, 1.82) is 0 Å². The first-order valence-electron chi connectivity index (χ1n) is 6.53. The summed E-state index contributed by atoms with van der Waals surface area (Å²) >= 11 is 0. The molecule has 1 aromatic rings. The molecular formula is C15H18O3. The van der Waals surface area contributed by atoms with Gasteiger partial charge in [0, 0.05) is 6.42 Å². The molecule has 0 N–H and O–H groups in total. The number of methoxy groups -OCH3 is 1. The second-order valence-electron chi connectivity index (χ2n) is 5.40. The Bertz CT molecular complexity index is 481. The van der Waals surface area contributed by atoms with Gasteiger partial charge in [-0.2, -0.15) is 0 Å². The zero-order valence-electron chi connectivity index (χ0n) is 10.8. The van der Waals surface area contributed by atoms with Crippen molar-refractivity contribution in [3.63, 3.8) is 0 Å². The van der Waals surface area contributed by atoms with Crippen LogP contribution in [0.5, 0.6) is 5.75 Å². The number of ether oxygens (including phenoxy) is 2. The highest BCUT2D eigenvalue weighted by Gasteiger charge is 2.43. The van der Waals surface area contributed by atoms with Crippen molar-refractivity contribution in [3.05, 3.63) is 29.3 Å². The number of rotatable bonds is 3. The highest BCUT2D eigenvalue weighted by molar-refractivity contribution is 5.75. The van der Waals surface area contributed by atoms with Crippen LogP contribution in [0.25, 0.3) is 0 Å². The van der Waals surface area contributed by atoms with Gasteiger partial charge in [-0.3, -0.25) is 4.79 Å². The summed E-state index contributed by atoms with van der Waals surface area (Å²) in [6.07, 6.45) is 3.23. The lowest BCUT2D eigenvalue weighted by atomic mass is 10.0. The average Bonchev–Trinajstić information content (AvgIpc) is 3.01. The van der Waals surface area contributed by atoms with Crippen molar-refractivity contribution in [2.24, 2.45) is 11.8 Å². The Morgan fingerprint density at radius 2 is 2.33 bits per heavy atom. The van der Waals surface area contributed by atoms with Crippen molar-refractivity contribution in [2.75, 3.05) is 7.11 Å². The summed E-state index contributed by atoms with van der Waals surface area (Å²) in [6.45, 7) is 2.09. The van der Waals surface area contributed by atoms with E-state index in [4.69, 9.17) is 9.47 Å². The molecule has 1 fully saturated rings. The zero-order valence-corrected chi connectivity index (χ0v) is 10.8. The van der Waals surface area contributed by atoms with Gasteiger partial charge < -0.3 is 9.47 Å². The second-order valence-corrected chi connectivity index (χ2v) is 5.40. The van der Waals surface area contributed by atoms with Crippen molar-refractivity contribution < 1.29 is 14.3 Å². The molecule has 1 heterocycles. The topological polar surface area (TPSA) is 35.5 Å². The summed E-state index contributed by atoms with van der Waals surface area (Å²) in [6, 6.07) is 6.40. The number of carbonyl (C=O) groups excluding carboxylic acids is 1. The van der Waals surface area contributed by atoms with Crippen LogP contribution in [-0.4, -0.2) is 19.2 Å². The summed E-state index contributed by atoms with van der Waals surface area (Å²) < 4.78 is 10.5. The van der Waals surface area contributed by atoms with Crippen LogP contribution < -0.4 is 4.74 Å². The fraction of sp³-hybridized carbons (Fsp3) is 0.533. The Hall–Kier alpha value is -1.51. The third-order valence-corrected chi connectivity index (χ3v) is 3.88. The second kappa shape index (κ2) is 4.30. The van der Waals surface area contributed by atoms with Gasteiger partial charge in [-0.15, -0.1) is 0 Å². The lowest BCUT2D eigenvalue weighted by Gasteiger charge is -2.04. The van der Waals surface area contributed by atoms with Gasteiger partial charge in [0.25, 0.3) is 0 Å². The predicted octanol–water partition coefficient (Wildman–Crippen LogP) is 2.36. The molecule has 2 aliphatic rings. The first-order chi connectivity index (χ1) is 8.67. The van der Waals surface area contributed by atoms with Crippen LogP contribution >= 0.6 is 0 Å². The number of hydrogen-bond acceptors (Lipinski definition) is 3. The van der Waals surface area contributed by atoms with Crippen molar-refractivity contribution in [3.8, 4) is 5.75 Å². The largest absolute Gasteiger partial charge is 0.490 e.